The average molecular weight is 312 g/mol. The molecule has 2 aromatic rings. The highest BCUT2D eigenvalue weighted by molar-refractivity contribution is 5.89. The third kappa shape index (κ3) is 5.02. The third-order valence-corrected chi connectivity index (χ3v) is 3.75. The fourth-order valence-electron chi connectivity index (χ4n) is 2.18. The summed E-state index contributed by atoms with van der Waals surface area (Å²) in [7, 11) is 0. The van der Waals surface area contributed by atoms with Crippen molar-refractivity contribution < 1.29 is 9.53 Å². The Morgan fingerprint density at radius 2 is 1.70 bits per heavy atom. The van der Waals surface area contributed by atoms with E-state index in [1.165, 1.54) is 5.56 Å². The Morgan fingerprint density at radius 3 is 2.43 bits per heavy atom. The van der Waals surface area contributed by atoms with Gasteiger partial charge in [-0.05, 0) is 68.1 Å². The Kier molecular flexibility index (Phi) is 5.63. The summed E-state index contributed by atoms with van der Waals surface area (Å²) in [4.78, 5) is 11.9. The number of benzene rings is 2. The molecular formula is C19H24N2O2. The molecule has 0 aliphatic carbocycles. The molecular weight excluding hydrogens is 288 g/mol. The largest absolute Gasteiger partial charge is 0.491 e. The van der Waals surface area contributed by atoms with Crippen molar-refractivity contribution in [3.63, 3.8) is 0 Å². The fourth-order valence-corrected chi connectivity index (χ4v) is 2.18. The molecule has 2 aromatic carbocycles. The van der Waals surface area contributed by atoms with Crippen molar-refractivity contribution in [3.8, 4) is 5.75 Å². The number of carbonyl (C=O) groups is 1. The number of hydrogen-bond acceptors (Lipinski definition) is 2. The molecule has 0 atom stereocenters. The van der Waals surface area contributed by atoms with Gasteiger partial charge in [-0.2, -0.15) is 0 Å². The normalized spacial score (nSPS) is 10.3. The lowest BCUT2D eigenvalue weighted by Crippen LogP contribution is -2.32. The van der Waals surface area contributed by atoms with Crippen molar-refractivity contribution >= 4 is 11.7 Å². The van der Waals surface area contributed by atoms with Crippen LogP contribution in [0.5, 0.6) is 5.75 Å². The van der Waals surface area contributed by atoms with E-state index in [1.54, 1.807) is 0 Å². The van der Waals surface area contributed by atoms with Gasteiger partial charge < -0.3 is 15.4 Å². The maximum atomic E-state index is 11.9. The van der Waals surface area contributed by atoms with E-state index in [9.17, 15) is 4.79 Å². The van der Waals surface area contributed by atoms with Gasteiger partial charge in [-0.25, -0.2) is 4.79 Å². The molecule has 0 saturated carbocycles. The summed E-state index contributed by atoms with van der Waals surface area (Å²) < 4.78 is 5.71. The minimum absolute atomic E-state index is 0.224. The van der Waals surface area contributed by atoms with Crippen molar-refractivity contribution in [2.45, 2.75) is 27.7 Å². The molecule has 23 heavy (non-hydrogen) atoms. The Morgan fingerprint density at radius 1 is 0.957 bits per heavy atom. The summed E-state index contributed by atoms with van der Waals surface area (Å²) in [5.41, 5.74) is 5.40. The summed E-state index contributed by atoms with van der Waals surface area (Å²) in [5, 5.41) is 5.62. The van der Waals surface area contributed by atoms with Crippen molar-refractivity contribution in [2.75, 3.05) is 18.5 Å². The van der Waals surface area contributed by atoms with Crippen LogP contribution in [0, 0.1) is 27.7 Å². The molecule has 0 aliphatic heterocycles. The summed E-state index contributed by atoms with van der Waals surface area (Å²) in [6.45, 7) is 8.99. The molecule has 2 amide bonds. The highest BCUT2D eigenvalue weighted by atomic mass is 16.5. The lowest BCUT2D eigenvalue weighted by molar-refractivity contribution is 0.247. The molecule has 0 heterocycles. The molecule has 0 aromatic heterocycles. The number of ether oxygens (including phenoxy) is 1. The minimum Gasteiger partial charge on any atom is -0.491 e. The SMILES string of the molecule is Cc1ccc(C)c(OCCNC(=O)Nc2ccc(C)c(C)c2)c1. The lowest BCUT2D eigenvalue weighted by Gasteiger charge is -2.12. The fraction of sp³-hybridized carbons (Fsp3) is 0.316. The van der Waals surface area contributed by atoms with Gasteiger partial charge in [-0.1, -0.05) is 18.2 Å². The van der Waals surface area contributed by atoms with E-state index in [0.29, 0.717) is 13.2 Å². The van der Waals surface area contributed by atoms with E-state index in [-0.39, 0.29) is 6.03 Å². The molecule has 0 spiro atoms. The van der Waals surface area contributed by atoms with Gasteiger partial charge in [-0.15, -0.1) is 0 Å². The smallest absolute Gasteiger partial charge is 0.319 e. The molecule has 0 fully saturated rings. The van der Waals surface area contributed by atoms with E-state index in [0.717, 1.165) is 28.1 Å². The Bertz CT molecular complexity index is 696. The Balaban J connectivity index is 1.76. The molecule has 0 aliphatic rings. The van der Waals surface area contributed by atoms with Gasteiger partial charge in [0.05, 0.1) is 6.54 Å². The van der Waals surface area contributed by atoms with Gasteiger partial charge in [0.15, 0.2) is 0 Å². The van der Waals surface area contributed by atoms with Gasteiger partial charge in [0.25, 0.3) is 0 Å². The number of hydrogen-bond donors (Lipinski definition) is 2. The number of urea groups is 1. The maximum absolute atomic E-state index is 11.9. The molecule has 122 valence electrons. The van der Waals surface area contributed by atoms with Crippen LogP contribution in [-0.2, 0) is 0 Å². The van der Waals surface area contributed by atoms with E-state index in [4.69, 9.17) is 4.74 Å². The molecule has 0 saturated heterocycles. The van der Waals surface area contributed by atoms with E-state index in [2.05, 4.69) is 16.7 Å². The Labute approximate surface area is 137 Å². The first-order valence-corrected chi connectivity index (χ1v) is 7.78. The van der Waals surface area contributed by atoms with Gasteiger partial charge in [0.1, 0.15) is 12.4 Å². The van der Waals surface area contributed by atoms with Crippen LogP contribution >= 0.6 is 0 Å². The molecule has 0 radical (unpaired) electrons. The lowest BCUT2D eigenvalue weighted by atomic mass is 10.1. The first-order chi connectivity index (χ1) is 11.0. The highest BCUT2D eigenvalue weighted by Gasteiger charge is 2.03. The third-order valence-electron chi connectivity index (χ3n) is 3.75. The summed E-state index contributed by atoms with van der Waals surface area (Å²) in [5.74, 6) is 0.862. The second-order valence-corrected chi connectivity index (χ2v) is 5.80. The monoisotopic (exact) mass is 312 g/mol. The van der Waals surface area contributed by atoms with Crippen molar-refractivity contribution in [3.05, 3.63) is 58.7 Å². The second kappa shape index (κ2) is 7.68. The zero-order valence-electron chi connectivity index (χ0n) is 14.2. The van der Waals surface area contributed by atoms with Gasteiger partial charge >= 0.3 is 6.03 Å². The molecule has 2 N–H and O–H groups in total. The van der Waals surface area contributed by atoms with Crippen LogP contribution in [0.2, 0.25) is 0 Å². The Hall–Kier alpha value is -2.49. The number of rotatable bonds is 5. The van der Waals surface area contributed by atoms with Gasteiger partial charge in [0, 0.05) is 5.69 Å². The first kappa shape index (κ1) is 16.9. The number of aryl methyl sites for hydroxylation is 4. The second-order valence-electron chi connectivity index (χ2n) is 5.80. The summed E-state index contributed by atoms with van der Waals surface area (Å²) in [6, 6.07) is 11.7. The minimum atomic E-state index is -0.224. The number of amides is 2. The predicted molar refractivity (Wildman–Crippen MR) is 94.3 cm³/mol. The van der Waals surface area contributed by atoms with Gasteiger partial charge in [-0.3, -0.25) is 0 Å². The van der Waals surface area contributed by atoms with Crippen molar-refractivity contribution in [1.82, 2.24) is 5.32 Å². The van der Waals surface area contributed by atoms with Crippen molar-refractivity contribution in [1.29, 1.82) is 0 Å². The van der Waals surface area contributed by atoms with E-state index < -0.39 is 0 Å². The average Bonchev–Trinajstić information content (AvgIpc) is 2.51. The number of anilines is 1. The van der Waals surface area contributed by atoms with Crippen LogP contribution in [0.4, 0.5) is 10.5 Å². The van der Waals surface area contributed by atoms with Crippen LogP contribution in [0.1, 0.15) is 22.3 Å². The molecule has 4 heteroatoms. The number of nitrogens with one attached hydrogen (secondary N) is 2. The number of carbonyl (C=O) groups excluding carboxylic acids is 1. The van der Waals surface area contributed by atoms with E-state index in [1.807, 2.05) is 58.0 Å². The standard InChI is InChI=1S/C19H24N2O2/c1-13-5-6-15(3)18(11-13)23-10-9-20-19(22)21-17-8-7-14(2)16(4)12-17/h5-8,11-12H,9-10H2,1-4H3,(H2,20,21,22). The first-order valence-electron chi connectivity index (χ1n) is 7.78. The molecule has 0 bridgehead atoms. The van der Waals surface area contributed by atoms with Crippen LogP contribution in [0.25, 0.3) is 0 Å². The van der Waals surface area contributed by atoms with E-state index >= 15 is 0 Å². The van der Waals surface area contributed by atoms with Crippen LogP contribution in [0.3, 0.4) is 0 Å². The van der Waals surface area contributed by atoms with Crippen molar-refractivity contribution in [2.24, 2.45) is 0 Å². The maximum Gasteiger partial charge on any atom is 0.319 e. The highest BCUT2D eigenvalue weighted by Crippen LogP contribution is 2.18. The molecule has 4 nitrogen and oxygen atoms in total. The van der Waals surface area contributed by atoms with Gasteiger partial charge in [0.2, 0.25) is 0 Å². The molecule has 0 unspecified atom stereocenters. The zero-order valence-corrected chi connectivity index (χ0v) is 14.2. The molecule has 2 rings (SSSR count). The summed E-state index contributed by atoms with van der Waals surface area (Å²) >= 11 is 0. The van der Waals surface area contributed by atoms with Crippen LogP contribution in [-0.4, -0.2) is 19.2 Å². The quantitative estimate of drug-likeness (QED) is 0.816. The topological polar surface area (TPSA) is 50.4 Å². The zero-order chi connectivity index (χ0) is 16.8. The van der Waals surface area contributed by atoms with Crippen LogP contribution < -0.4 is 15.4 Å². The van der Waals surface area contributed by atoms with Crippen LogP contribution in [0.15, 0.2) is 36.4 Å². The summed E-state index contributed by atoms with van der Waals surface area (Å²) in [6.07, 6.45) is 0. The predicted octanol–water partition coefficient (Wildman–Crippen LogP) is 4.12.